The second-order valence-corrected chi connectivity index (χ2v) is 4.54. The normalized spacial score (nSPS) is 10.9. The van der Waals surface area contributed by atoms with E-state index in [-0.39, 0.29) is 9.92 Å². The van der Waals surface area contributed by atoms with Crippen LogP contribution in [-0.4, -0.2) is 11.0 Å². The summed E-state index contributed by atoms with van der Waals surface area (Å²) in [5.41, 5.74) is 0. The molecular weight excluding hydrogens is 212 g/mol. The van der Waals surface area contributed by atoms with Crippen LogP contribution in [0, 0.1) is 10.1 Å². The zero-order chi connectivity index (χ0) is 11.3. The van der Waals surface area contributed by atoms with Crippen molar-refractivity contribution in [2.24, 2.45) is 0 Å². The van der Waals surface area contributed by atoms with Gasteiger partial charge in [-0.2, -0.15) is 0 Å². The molecule has 0 radical (unpaired) electrons. The number of nitrogens with one attached hydrogen (secondary N) is 1. The summed E-state index contributed by atoms with van der Waals surface area (Å²) in [5.74, 6) is 0. The molecule has 1 heterocycles. The molecule has 0 saturated carbocycles. The van der Waals surface area contributed by atoms with Gasteiger partial charge in [0.05, 0.1) is 4.92 Å². The Hall–Kier alpha value is -0.940. The van der Waals surface area contributed by atoms with E-state index in [2.05, 4.69) is 19.2 Å². The van der Waals surface area contributed by atoms with Gasteiger partial charge in [0.15, 0.2) is 0 Å². The van der Waals surface area contributed by atoms with E-state index in [9.17, 15) is 10.1 Å². The fourth-order valence-electron chi connectivity index (χ4n) is 1.38. The monoisotopic (exact) mass is 228 g/mol. The van der Waals surface area contributed by atoms with Crippen LogP contribution in [0.3, 0.4) is 0 Å². The summed E-state index contributed by atoms with van der Waals surface area (Å²) >= 11 is 1.24. The van der Waals surface area contributed by atoms with E-state index in [4.69, 9.17) is 0 Å². The third-order valence-corrected chi connectivity index (χ3v) is 3.41. The molecule has 0 fully saturated rings. The van der Waals surface area contributed by atoms with Gasteiger partial charge in [-0.25, -0.2) is 0 Å². The maximum Gasteiger partial charge on any atom is 0.324 e. The Morgan fingerprint density at radius 1 is 1.47 bits per heavy atom. The summed E-state index contributed by atoms with van der Waals surface area (Å²) < 4.78 is 0. The van der Waals surface area contributed by atoms with E-state index in [0.717, 1.165) is 24.3 Å². The second-order valence-electron chi connectivity index (χ2n) is 3.39. The Kier molecular flexibility index (Phi) is 4.71. The van der Waals surface area contributed by atoms with Gasteiger partial charge in [-0.05, 0) is 18.9 Å². The number of nitrogens with zero attached hydrogens (tertiary/aromatic N) is 1. The van der Waals surface area contributed by atoms with Crippen molar-refractivity contribution in [1.82, 2.24) is 5.32 Å². The highest BCUT2D eigenvalue weighted by atomic mass is 32.1. The first-order valence-corrected chi connectivity index (χ1v) is 5.95. The van der Waals surface area contributed by atoms with Crippen LogP contribution in [0.5, 0.6) is 0 Å². The molecule has 0 aliphatic rings. The lowest BCUT2D eigenvalue weighted by atomic mass is 10.2. The number of hydrogen-bond acceptors (Lipinski definition) is 4. The summed E-state index contributed by atoms with van der Waals surface area (Å²) in [6.07, 6.45) is 2.17. The van der Waals surface area contributed by atoms with Crippen LogP contribution in [0.2, 0.25) is 0 Å². The first kappa shape index (κ1) is 12.1. The van der Waals surface area contributed by atoms with E-state index in [1.165, 1.54) is 11.3 Å². The van der Waals surface area contributed by atoms with Gasteiger partial charge in [0.1, 0.15) is 0 Å². The molecule has 0 spiro atoms. The Morgan fingerprint density at radius 2 is 2.13 bits per heavy atom. The van der Waals surface area contributed by atoms with Crippen molar-refractivity contribution < 1.29 is 4.92 Å². The summed E-state index contributed by atoms with van der Waals surface area (Å²) in [4.78, 5) is 11.1. The smallest absolute Gasteiger partial charge is 0.309 e. The highest BCUT2D eigenvalue weighted by Crippen LogP contribution is 2.23. The highest BCUT2D eigenvalue weighted by molar-refractivity contribution is 7.15. The largest absolute Gasteiger partial charge is 0.324 e. The van der Waals surface area contributed by atoms with Crippen LogP contribution in [-0.2, 0) is 6.54 Å². The number of nitro groups is 1. The molecule has 1 aromatic rings. The summed E-state index contributed by atoms with van der Waals surface area (Å²) in [7, 11) is 0. The summed E-state index contributed by atoms with van der Waals surface area (Å²) in [6.45, 7) is 5.00. The van der Waals surface area contributed by atoms with Gasteiger partial charge < -0.3 is 5.32 Å². The molecule has 0 amide bonds. The van der Waals surface area contributed by atoms with Crippen molar-refractivity contribution in [2.45, 2.75) is 39.3 Å². The lowest BCUT2D eigenvalue weighted by Crippen LogP contribution is -2.26. The Morgan fingerprint density at radius 3 is 2.60 bits per heavy atom. The maximum absolute atomic E-state index is 10.5. The highest BCUT2D eigenvalue weighted by Gasteiger charge is 2.10. The number of thiophene rings is 1. The maximum atomic E-state index is 10.5. The van der Waals surface area contributed by atoms with Crippen molar-refractivity contribution in [3.63, 3.8) is 0 Å². The van der Waals surface area contributed by atoms with Gasteiger partial charge >= 0.3 is 5.00 Å². The standard InChI is InChI=1S/C10H16N2O2S/c1-3-8(4-2)11-7-9-5-6-10(15-9)12(13)14/h5-6,8,11H,3-4,7H2,1-2H3. The Labute approximate surface area is 93.5 Å². The molecule has 0 aliphatic carbocycles. The van der Waals surface area contributed by atoms with Gasteiger partial charge in [0.2, 0.25) is 0 Å². The van der Waals surface area contributed by atoms with Gasteiger partial charge in [0, 0.05) is 23.5 Å². The van der Waals surface area contributed by atoms with Crippen LogP contribution < -0.4 is 5.32 Å². The van der Waals surface area contributed by atoms with E-state index in [0.29, 0.717) is 6.04 Å². The molecule has 0 unspecified atom stereocenters. The third-order valence-electron chi connectivity index (χ3n) is 2.38. The molecule has 1 rings (SSSR count). The van der Waals surface area contributed by atoms with E-state index < -0.39 is 0 Å². The van der Waals surface area contributed by atoms with Crippen molar-refractivity contribution in [3.8, 4) is 0 Å². The third kappa shape index (κ3) is 3.60. The minimum Gasteiger partial charge on any atom is -0.309 e. The molecule has 0 bridgehead atoms. The van der Waals surface area contributed by atoms with E-state index in [1.54, 1.807) is 6.07 Å². The molecule has 0 atom stereocenters. The quantitative estimate of drug-likeness (QED) is 0.601. The first-order chi connectivity index (χ1) is 7.17. The van der Waals surface area contributed by atoms with Crippen LogP contribution in [0.15, 0.2) is 12.1 Å². The lowest BCUT2D eigenvalue weighted by Gasteiger charge is -2.13. The van der Waals surface area contributed by atoms with Gasteiger partial charge in [-0.15, -0.1) is 0 Å². The minimum absolute atomic E-state index is 0.219. The molecule has 0 saturated heterocycles. The van der Waals surface area contributed by atoms with Crippen LogP contribution in [0.1, 0.15) is 31.6 Å². The minimum atomic E-state index is -0.342. The van der Waals surface area contributed by atoms with Crippen LogP contribution in [0.25, 0.3) is 0 Å². The SMILES string of the molecule is CCC(CC)NCc1ccc([N+](=O)[O-])s1. The first-order valence-electron chi connectivity index (χ1n) is 5.13. The van der Waals surface area contributed by atoms with Crippen LogP contribution >= 0.6 is 11.3 Å². The zero-order valence-corrected chi connectivity index (χ0v) is 9.84. The predicted molar refractivity (Wildman–Crippen MR) is 62.2 cm³/mol. The molecule has 0 aliphatic heterocycles. The second kappa shape index (κ2) is 5.82. The number of hydrogen-bond donors (Lipinski definition) is 1. The Bertz CT molecular complexity index is 321. The molecule has 1 N–H and O–H groups in total. The zero-order valence-electron chi connectivity index (χ0n) is 9.03. The van der Waals surface area contributed by atoms with Gasteiger partial charge in [-0.1, -0.05) is 25.2 Å². The Balaban J connectivity index is 2.47. The molecule has 0 aromatic carbocycles. The van der Waals surface area contributed by atoms with Crippen LogP contribution in [0.4, 0.5) is 5.00 Å². The molecular formula is C10H16N2O2S. The topological polar surface area (TPSA) is 55.2 Å². The van der Waals surface area contributed by atoms with Crippen molar-refractivity contribution in [3.05, 3.63) is 27.1 Å². The average molecular weight is 228 g/mol. The fraction of sp³-hybridized carbons (Fsp3) is 0.600. The average Bonchev–Trinajstić information content (AvgIpc) is 2.68. The molecule has 5 heteroatoms. The van der Waals surface area contributed by atoms with E-state index in [1.807, 2.05) is 6.07 Å². The predicted octanol–water partition coefficient (Wildman–Crippen LogP) is 2.93. The van der Waals surface area contributed by atoms with Crippen molar-refractivity contribution >= 4 is 16.3 Å². The fourth-order valence-corrected chi connectivity index (χ4v) is 2.15. The van der Waals surface area contributed by atoms with E-state index >= 15 is 0 Å². The summed E-state index contributed by atoms with van der Waals surface area (Å²) in [5, 5.41) is 14.1. The van der Waals surface area contributed by atoms with Gasteiger partial charge in [-0.3, -0.25) is 10.1 Å². The molecule has 1 aromatic heterocycles. The van der Waals surface area contributed by atoms with Crippen molar-refractivity contribution in [1.29, 1.82) is 0 Å². The summed E-state index contributed by atoms with van der Waals surface area (Å²) in [6, 6.07) is 3.89. The lowest BCUT2D eigenvalue weighted by molar-refractivity contribution is -0.380. The molecule has 84 valence electrons. The molecule has 4 nitrogen and oxygen atoms in total. The number of rotatable bonds is 6. The van der Waals surface area contributed by atoms with Crippen molar-refractivity contribution in [2.75, 3.05) is 0 Å². The molecule has 15 heavy (non-hydrogen) atoms. The van der Waals surface area contributed by atoms with Gasteiger partial charge in [0.25, 0.3) is 0 Å².